The van der Waals surface area contributed by atoms with E-state index >= 15 is 0 Å². The molecule has 4 aromatic rings. The third kappa shape index (κ3) is 3.99. The normalized spacial score (nSPS) is 10.9. The minimum absolute atomic E-state index is 0.127. The average Bonchev–Trinajstić information content (AvgIpc) is 3.13. The molecule has 1 amide bonds. The van der Waals surface area contributed by atoms with Crippen LogP contribution in [0.1, 0.15) is 16.1 Å². The molecule has 0 atom stereocenters. The molecule has 28 heavy (non-hydrogen) atoms. The number of aromatic amines is 1. The first-order valence-corrected chi connectivity index (χ1v) is 9.71. The van der Waals surface area contributed by atoms with Crippen LogP contribution in [0.4, 0.5) is 5.82 Å². The van der Waals surface area contributed by atoms with Crippen LogP contribution >= 0.6 is 11.8 Å². The van der Waals surface area contributed by atoms with Crippen LogP contribution in [0.2, 0.25) is 0 Å². The second-order valence-electron chi connectivity index (χ2n) is 6.22. The third-order valence-corrected chi connectivity index (χ3v) is 5.23. The van der Waals surface area contributed by atoms with Gasteiger partial charge in [0.25, 0.3) is 5.91 Å². The lowest BCUT2D eigenvalue weighted by atomic mass is 10.1. The van der Waals surface area contributed by atoms with Crippen LogP contribution in [0.25, 0.3) is 10.9 Å². The molecule has 0 spiro atoms. The van der Waals surface area contributed by atoms with Crippen LogP contribution in [0.5, 0.6) is 0 Å². The quantitative estimate of drug-likeness (QED) is 0.468. The van der Waals surface area contributed by atoms with Crippen molar-refractivity contribution in [2.45, 2.75) is 16.3 Å². The van der Waals surface area contributed by atoms with E-state index in [1.54, 1.807) is 6.20 Å². The number of hydrogen-bond acceptors (Lipinski definition) is 5. The van der Waals surface area contributed by atoms with Gasteiger partial charge in [-0.1, -0.05) is 48.2 Å². The van der Waals surface area contributed by atoms with Gasteiger partial charge in [0, 0.05) is 28.5 Å². The van der Waals surface area contributed by atoms with Crippen LogP contribution in [-0.4, -0.2) is 27.4 Å². The topological polar surface area (TPSA) is 96.7 Å². The molecule has 2 aromatic carbocycles. The molecule has 0 unspecified atom stereocenters. The number of carbonyl (C=O) groups excluding carboxylic acids is 1. The number of amides is 1. The summed E-state index contributed by atoms with van der Waals surface area (Å²) in [4.78, 5) is 25.3. The second kappa shape index (κ2) is 8.14. The molecule has 140 valence electrons. The van der Waals surface area contributed by atoms with Crippen LogP contribution in [0.3, 0.4) is 0 Å². The first-order valence-electron chi connectivity index (χ1n) is 8.89. The molecule has 0 aliphatic rings. The summed E-state index contributed by atoms with van der Waals surface area (Å²) in [6.07, 6.45) is 4.26. The molecule has 0 saturated heterocycles. The van der Waals surface area contributed by atoms with E-state index in [1.165, 1.54) is 11.8 Å². The van der Waals surface area contributed by atoms with Crippen LogP contribution in [0, 0.1) is 0 Å². The number of anilines is 1. The van der Waals surface area contributed by atoms with Gasteiger partial charge in [-0.05, 0) is 30.2 Å². The average molecular weight is 389 g/mol. The lowest BCUT2D eigenvalue weighted by Crippen LogP contribution is -2.27. The summed E-state index contributed by atoms with van der Waals surface area (Å²) < 4.78 is 0. The van der Waals surface area contributed by atoms with Crippen LogP contribution in [-0.2, 0) is 6.42 Å². The van der Waals surface area contributed by atoms with Crippen molar-refractivity contribution in [3.63, 3.8) is 0 Å². The van der Waals surface area contributed by atoms with E-state index in [2.05, 4.69) is 26.3 Å². The van der Waals surface area contributed by atoms with E-state index in [-0.39, 0.29) is 17.4 Å². The van der Waals surface area contributed by atoms with Crippen molar-refractivity contribution in [1.29, 1.82) is 0 Å². The number of nitrogens with two attached hydrogens (primary N) is 1. The number of nitrogens with one attached hydrogen (secondary N) is 2. The van der Waals surface area contributed by atoms with Crippen molar-refractivity contribution in [1.82, 2.24) is 20.3 Å². The highest BCUT2D eigenvalue weighted by molar-refractivity contribution is 7.99. The molecule has 4 N–H and O–H groups in total. The van der Waals surface area contributed by atoms with Gasteiger partial charge in [0.2, 0.25) is 0 Å². The highest BCUT2D eigenvalue weighted by atomic mass is 32.2. The van der Waals surface area contributed by atoms with Gasteiger partial charge in [-0.25, -0.2) is 9.97 Å². The minimum atomic E-state index is -0.319. The third-order valence-electron chi connectivity index (χ3n) is 4.31. The Morgan fingerprint density at radius 1 is 1.11 bits per heavy atom. The molecule has 0 saturated carbocycles. The zero-order chi connectivity index (χ0) is 19.3. The van der Waals surface area contributed by atoms with Crippen molar-refractivity contribution < 1.29 is 4.79 Å². The number of rotatable bonds is 6. The minimum Gasteiger partial charge on any atom is -0.382 e. The van der Waals surface area contributed by atoms with Crippen LogP contribution < -0.4 is 11.1 Å². The fourth-order valence-electron chi connectivity index (χ4n) is 2.94. The Labute approximate surface area is 166 Å². The lowest BCUT2D eigenvalue weighted by molar-refractivity contribution is 0.0949. The fourth-order valence-corrected chi connectivity index (χ4v) is 3.72. The maximum Gasteiger partial charge on any atom is 0.273 e. The Hall–Kier alpha value is -3.32. The fraction of sp³-hybridized carbons (Fsp3) is 0.0952. The number of fused-ring (bicyclic) bond motifs is 1. The first kappa shape index (κ1) is 18.1. The van der Waals surface area contributed by atoms with Crippen molar-refractivity contribution in [3.05, 3.63) is 78.2 Å². The molecule has 7 heteroatoms. The Bertz CT molecular complexity index is 1110. The molecular formula is C21H19N5OS. The Balaban J connectivity index is 1.42. The predicted molar refractivity (Wildman–Crippen MR) is 111 cm³/mol. The van der Waals surface area contributed by atoms with Crippen molar-refractivity contribution >= 4 is 34.4 Å². The standard InChI is InChI=1S/C21H19N5OS/c22-20-19(26-18(13-25-20)28-15-6-2-1-3-7-15)21(27)23-11-10-14-12-24-17-9-5-4-8-16(14)17/h1-9,12-13,24H,10-11H2,(H2,22,25)(H,23,27). The first-order chi connectivity index (χ1) is 13.7. The number of para-hydroxylation sites is 1. The van der Waals surface area contributed by atoms with Gasteiger partial charge < -0.3 is 16.0 Å². The van der Waals surface area contributed by atoms with Gasteiger partial charge >= 0.3 is 0 Å². The Morgan fingerprint density at radius 3 is 2.75 bits per heavy atom. The number of aromatic nitrogens is 3. The summed E-state index contributed by atoms with van der Waals surface area (Å²) in [6, 6.07) is 17.9. The zero-order valence-corrected chi connectivity index (χ0v) is 15.9. The molecule has 0 radical (unpaired) electrons. The highest BCUT2D eigenvalue weighted by Crippen LogP contribution is 2.26. The van der Waals surface area contributed by atoms with Gasteiger partial charge in [0.05, 0.1) is 6.20 Å². The lowest BCUT2D eigenvalue weighted by Gasteiger charge is -2.08. The second-order valence-corrected chi connectivity index (χ2v) is 7.32. The zero-order valence-electron chi connectivity index (χ0n) is 15.1. The summed E-state index contributed by atoms with van der Waals surface area (Å²) in [5.41, 5.74) is 8.27. The molecule has 4 rings (SSSR count). The smallest absolute Gasteiger partial charge is 0.273 e. The van der Waals surface area contributed by atoms with Crippen molar-refractivity contribution in [2.24, 2.45) is 0 Å². The van der Waals surface area contributed by atoms with E-state index in [0.29, 0.717) is 18.0 Å². The largest absolute Gasteiger partial charge is 0.382 e. The number of benzene rings is 2. The SMILES string of the molecule is Nc1ncc(Sc2ccccc2)nc1C(=O)NCCc1c[nH]c2ccccc12. The van der Waals surface area contributed by atoms with E-state index in [4.69, 9.17) is 5.73 Å². The summed E-state index contributed by atoms with van der Waals surface area (Å²) in [5.74, 6) is -0.192. The van der Waals surface area contributed by atoms with Gasteiger partial charge in [0.1, 0.15) is 5.03 Å². The number of hydrogen-bond donors (Lipinski definition) is 3. The number of H-pyrrole nitrogens is 1. The molecular weight excluding hydrogens is 370 g/mol. The number of nitrogens with zero attached hydrogens (tertiary/aromatic N) is 2. The predicted octanol–water partition coefficient (Wildman–Crippen LogP) is 3.66. The molecule has 0 fully saturated rings. The van der Waals surface area contributed by atoms with Gasteiger partial charge in [0.15, 0.2) is 11.5 Å². The summed E-state index contributed by atoms with van der Waals surface area (Å²) >= 11 is 1.44. The van der Waals surface area contributed by atoms with Gasteiger partial charge in [-0.15, -0.1) is 0 Å². The Morgan fingerprint density at radius 2 is 1.89 bits per heavy atom. The molecule has 0 aliphatic heterocycles. The van der Waals surface area contributed by atoms with Crippen molar-refractivity contribution in [2.75, 3.05) is 12.3 Å². The molecule has 2 aromatic heterocycles. The molecule has 0 aliphatic carbocycles. The number of nitrogen functional groups attached to an aromatic ring is 1. The van der Waals surface area contributed by atoms with Gasteiger partial charge in [-0.2, -0.15) is 0 Å². The summed E-state index contributed by atoms with van der Waals surface area (Å²) in [6.45, 7) is 0.484. The summed E-state index contributed by atoms with van der Waals surface area (Å²) in [5, 5.41) is 4.68. The monoisotopic (exact) mass is 389 g/mol. The number of carbonyl (C=O) groups is 1. The molecule has 6 nitrogen and oxygen atoms in total. The summed E-state index contributed by atoms with van der Waals surface area (Å²) in [7, 11) is 0. The van der Waals surface area contributed by atoms with Crippen LogP contribution in [0.15, 0.2) is 76.9 Å². The maximum absolute atomic E-state index is 12.6. The maximum atomic E-state index is 12.6. The Kier molecular flexibility index (Phi) is 5.25. The van der Waals surface area contributed by atoms with Crippen molar-refractivity contribution in [3.8, 4) is 0 Å². The van der Waals surface area contributed by atoms with Gasteiger partial charge in [-0.3, -0.25) is 4.79 Å². The van der Waals surface area contributed by atoms with E-state index < -0.39 is 0 Å². The molecule has 0 bridgehead atoms. The van der Waals surface area contributed by atoms with E-state index in [0.717, 1.165) is 21.4 Å². The van der Waals surface area contributed by atoms with E-state index in [9.17, 15) is 4.79 Å². The molecule has 2 heterocycles. The van der Waals surface area contributed by atoms with E-state index in [1.807, 2.05) is 54.7 Å². The highest BCUT2D eigenvalue weighted by Gasteiger charge is 2.14.